The molecule has 13 heavy (non-hydrogen) atoms. The first-order valence-corrected chi connectivity index (χ1v) is 4.42. The van der Waals surface area contributed by atoms with E-state index in [4.69, 9.17) is 4.74 Å². The predicted octanol–water partition coefficient (Wildman–Crippen LogP) is 2.52. The maximum absolute atomic E-state index is 5.58. The molecule has 0 bridgehead atoms. The zero-order chi connectivity index (χ0) is 9.73. The van der Waals surface area contributed by atoms with Gasteiger partial charge in [0, 0.05) is 12.8 Å². The number of pyridine rings is 1. The Kier molecular flexibility index (Phi) is 3.20. The van der Waals surface area contributed by atoms with Gasteiger partial charge in [-0.15, -0.1) is 0 Å². The molecule has 70 valence electrons. The van der Waals surface area contributed by atoms with Gasteiger partial charge in [0.15, 0.2) is 0 Å². The summed E-state index contributed by atoms with van der Waals surface area (Å²) in [5.41, 5.74) is 0.433. The van der Waals surface area contributed by atoms with Crippen LogP contribution >= 0.6 is 0 Å². The maximum atomic E-state index is 5.58. The average Bonchev–Trinajstić information content (AvgIpc) is 2.19. The van der Waals surface area contributed by atoms with E-state index in [0.717, 1.165) is 5.69 Å². The van der Waals surface area contributed by atoms with Gasteiger partial charge in [0.1, 0.15) is 5.60 Å². The van der Waals surface area contributed by atoms with Crippen molar-refractivity contribution in [1.82, 2.24) is 4.98 Å². The molecule has 0 aliphatic carbocycles. The first-order chi connectivity index (χ1) is 6.23. The highest BCUT2D eigenvalue weighted by atomic mass is 16.5. The molecule has 0 radical (unpaired) electrons. The molecule has 0 saturated heterocycles. The second kappa shape index (κ2) is 4.19. The van der Waals surface area contributed by atoms with E-state index in [1.165, 1.54) is 0 Å². The van der Waals surface area contributed by atoms with E-state index >= 15 is 0 Å². The van der Waals surface area contributed by atoms with Crippen LogP contribution in [0.3, 0.4) is 0 Å². The summed E-state index contributed by atoms with van der Waals surface area (Å²) >= 11 is 0. The minimum Gasteiger partial charge on any atom is -0.365 e. The van der Waals surface area contributed by atoms with Crippen molar-refractivity contribution < 1.29 is 4.74 Å². The maximum Gasteiger partial charge on any atom is 0.125 e. The molecule has 1 aromatic heterocycles. The SMILES string of the molecule is C=CC(C)(OCC)c1ccccn1. The molecule has 0 fully saturated rings. The highest BCUT2D eigenvalue weighted by molar-refractivity contribution is 5.17. The van der Waals surface area contributed by atoms with Gasteiger partial charge in [0.05, 0.1) is 5.69 Å². The monoisotopic (exact) mass is 177 g/mol. The Morgan fingerprint density at radius 2 is 2.38 bits per heavy atom. The van der Waals surface area contributed by atoms with Crippen molar-refractivity contribution in [3.8, 4) is 0 Å². The van der Waals surface area contributed by atoms with Crippen molar-refractivity contribution >= 4 is 0 Å². The second-order valence-corrected chi connectivity index (χ2v) is 2.96. The molecular formula is C11H15NO. The smallest absolute Gasteiger partial charge is 0.125 e. The molecule has 1 aromatic rings. The molecule has 1 atom stereocenters. The molecular weight excluding hydrogens is 162 g/mol. The Labute approximate surface area is 79.3 Å². The molecule has 0 N–H and O–H groups in total. The second-order valence-electron chi connectivity index (χ2n) is 2.96. The summed E-state index contributed by atoms with van der Waals surface area (Å²) in [6, 6.07) is 5.78. The third-order valence-corrected chi connectivity index (χ3v) is 2.01. The zero-order valence-corrected chi connectivity index (χ0v) is 8.16. The molecule has 0 spiro atoms. The summed E-state index contributed by atoms with van der Waals surface area (Å²) in [5, 5.41) is 0. The van der Waals surface area contributed by atoms with Crippen LogP contribution in [0.15, 0.2) is 37.1 Å². The molecule has 2 nitrogen and oxygen atoms in total. The van der Waals surface area contributed by atoms with Crippen molar-refractivity contribution in [2.24, 2.45) is 0 Å². The van der Waals surface area contributed by atoms with Gasteiger partial charge in [-0.05, 0) is 26.0 Å². The Morgan fingerprint density at radius 3 is 2.85 bits per heavy atom. The van der Waals surface area contributed by atoms with Crippen molar-refractivity contribution in [1.29, 1.82) is 0 Å². The fourth-order valence-corrected chi connectivity index (χ4v) is 1.19. The summed E-state index contributed by atoms with van der Waals surface area (Å²) in [5.74, 6) is 0. The molecule has 0 amide bonds. The summed E-state index contributed by atoms with van der Waals surface area (Å²) in [4.78, 5) is 4.24. The Bertz CT molecular complexity index is 271. The molecule has 0 aliphatic heterocycles. The first kappa shape index (κ1) is 9.93. The number of ether oxygens (including phenoxy) is 1. The van der Waals surface area contributed by atoms with Crippen LogP contribution in [0.25, 0.3) is 0 Å². The third kappa shape index (κ3) is 2.16. The van der Waals surface area contributed by atoms with E-state index in [-0.39, 0.29) is 0 Å². The van der Waals surface area contributed by atoms with E-state index in [0.29, 0.717) is 6.61 Å². The summed E-state index contributed by atoms with van der Waals surface area (Å²) in [6.07, 6.45) is 3.54. The number of nitrogens with zero attached hydrogens (tertiary/aromatic N) is 1. The van der Waals surface area contributed by atoms with Crippen molar-refractivity contribution in [2.45, 2.75) is 19.4 Å². The van der Waals surface area contributed by atoms with Gasteiger partial charge < -0.3 is 4.74 Å². The molecule has 0 saturated carbocycles. The van der Waals surface area contributed by atoms with Gasteiger partial charge in [-0.3, -0.25) is 4.98 Å². The number of hydrogen-bond acceptors (Lipinski definition) is 2. The zero-order valence-electron chi connectivity index (χ0n) is 8.16. The van der Waals surface area contributed by atoms with Gasteiger partial charge in [-0.2, -0.15) is 0 Å². The summed E-state index contributed by atoms with van der Waals surface area (Å²) in [7, 11) is 0. The van der Waals surface area contributed by atoms with Crippen LogP contribution in [0.5, 0.6) is 0 Å². The standard InChI is InChI=1S/C11H15NO/c1-4-11(3,13-5-2)10-8-6-7-9-12-10/h4,6-9H,1,5H2,2-3H3. The van der Waals surface area contributed by atoms with Crippen LogP contribution in [0.1, 0.15) is 19.5 Å². The minimum atomic E-state index is -0.462. The molecule has 2 heteroatoms. The van der Waals surface area contributed by atoms with E-state index in [9.17, 15) is 0 Å². The molecule has 0 aromatic carbocycles. The van der Waals surface area contributed by atoms with Crippen LogP contribution in [0.2, 0.25) is 0 Å². The topological polar surface area (TPSA) is 22.1 Å². The summed E-state index contributed by atoms with van der Waals surface area (Å²) < 4.78 is 5.58. The van der Waals surface area contributed by atoms with Gasteiger partial charge in [0.2, 0.25) is 0 Å². The number of hydrogen-bond donors (Lipinski definition) is 0. The largest absolute Gasteiger partial charge is 0.365 e. The van der Waals surface area contributed by atoms with Gasteiger partial charge >= 0.3 is 0 Å². The molecule has 1 rings (SSSR count). The fraction of sp³-hybridized carbons (Fsp3) is 0.364. The molecule has 1 unspecified atom stereocenters. The number of aromatic nitrogens is 1. The Hall–Kier alpha value is -1.15. The van der Waals surface area contributed by atoms with E-state index in [2.05, 4.69) is 11.6 Å². The lowest BCUT2D eigenvalue weighted by molar-refractivity contribution is 0.00741. The average molecular weight is 177 g/mol. The van der Waals surface area contributed by atoms with Crippen molar-refractivity contribution in [3.63, 3.8) is 0 Å². The quantitative estimate of drug-likeness (QED) is 0.659. The van der Waals surface area contributed by atoms with Crippen LogP contribution in [0, 0.1) is 0 Å². The lowest BCUT2D eigenvalue weighted by Crippen LogP contribution is -2.24. The summed E-state index contributed by atoms with van der Waals surface area (Å²) in [6.45, 7) is 8.34. The van der Waals surface area contributed by atoms with Crippen LogP contribution in [-0.4, -0.2) is 11.6 Å². The normalized spacial score (nSPS) is 14.9. The minimum absolute atomic E-state index is 0.462. The van der Waals surface area contributed by atoms with Crippen LogP contribution < -0.4 is 0 Å². The number of rotatable bonds is 4. The van der Waals surface area contributed by atoms with Crippen molar-refractivity contribution in [2.75, 3.05) is 6.61 Å². The highest BCUT2D eigenvalue weighted by Gasteiger charge is 2.23. The van der Waals surface area contributed by atoms with E-state index in [1.807, 2.05) is 32.0 Å². The van der Waals surface area contributed by atoms with E-state index in [1.54, 1.807) is 12.3 Å². The van der Waals surface area contributed by atoms with Crippen LogP contribution in [-0.2, 0) is 10.3 Å². The van der Waals surface area contributed by atoms with Gasteiger partial charge in [0.25, 0.3) is 0 Å². The van der Waals surface area contributed by atoms with Gasteiger partial charge in [-0.25, -0.2) is 0 Å². The van der Waals surface area contributed by atoms with Crippen LogP contribution in [0.4, 0.5) is 0 Å². The van der Waals surface area contributed by atoms with E-state index < -0.39 is 5.60 Å². The highest BCUT2D eigenvalue weighted by Crippen LogP contribution is 2.23. The van der Waals surface area contributed by atoms with Crippen molar-refractivity contribution in [3.05, 3.63) is 42.7 Å². The van der Waals surface area contributed by atoms with Gasteiger partial charge in [-0.1, -0.05) is 18.7 Å². The Balaban J connectivity index is 2.95. The first-order valence-electron chi connectivity index (χ1n) is 4.42. The Morgan fingerprint density at radius 1 is 1.62 bits per heavy atom. The predicted molar refractivity (Wildman–Crippen MR) is 53.4 cm³/mol. The molecule has 0 aliphatic rings. The lowest BCUT2D eigenvalue weighted by Gasteiger charge is -2.24. The fourth-order valence-electron chi connectivity index (χ4n) is 1.19. The lowest BCUT2D eigenvalue weighted by atomic mass is 10.0. The third-order valence-electron chi connectivity index (χ3n) is 2.01. The molecule has 1 heterocycles.